The number of nitrogens with zero attached hydrogens (tertiary/aromatic N) is 4. The molecule has 1 aliphatic rings. The van der Waals surface area contributed by atoms with Crippen LogP contribution in [-0.2, 0) is 6.54 Å². The van der Waals surface area contributed by atoms with Crippen LogP contribution < -0.4 is 5.32 Å². The molecule has 3 heterocycles. The van der Waals surface area contributed by atoms with Crippen molar-refractivity contribution in [1.29, 1.82) is 0 Å². The second-order valence-electron chi connectivity index (χ2n) is 5.34. The molecule has 0 radical (unpaired) electrons. The van der Waals surface area contributed by atoms with Gasteiger partial charge in [-0.05, 0) is 31.6 Å². The summed E-state index contributed by atoms with van der Waals surface area (Å²) in [6, 6.07) is 2.45. The van der Waals surface area contributed by atoms with E-state index in [1.54, 1.807) is 0 Å². The van der Waals surface area contributed by atoms with Crippen LogP contribution in [0.15, 0.2) is 18.5 Å². The third kappa shape index (κ3) is 3.20. The van der Waals surface area contributed by atoms with Crippen LogP contribution >= 0.6 is 11.8 Å². The zero-order valence-corrected chi connectivity index (χ0v) is 13.4. The Morgan fingerprint density at radius 1 is 1.48 bits per heavy atom. The minimum absolute atomic E-state index is 0.495. The van der Waals surface area contributed by atoms with Crippen molar-refractivity contribution < 1.29 is 0 Å². The Labute approximate surface area is 129 Å². The second kappa shape index (κ2) is 6.47. The first kappa shape index (κ1) is 14.4. The molecule has 1 atom stereocenters. The maximum Gasteiger partial charge on any atom is 0.223 e. The molecular formula is C15H21N5S. The standard InChI is InChI=1S/C15H21N5S/c1-3-7-20-11(2)13(9-17-20)14-4-6-16-15(19-14)18-12-5-8-21-10-12/h4,6,9,12H,3,5,7-8,10H2,1-2H3,(H,16,18,19). The van der Waals surface area contributed by atoms with Crippen molar-refractivity contribution in [2.75, 3.05) is 16.8 Å². The summed E-state index contributed by atoms with van der Waals surface area (Å²) in [6.07, 6.45) is 6.00. The van der Waals surface area contributed by atoms with E-state index in [0.717, 1.165) is 41.6 Å². The van der Waals surface area contributed by atoms with Crippen molar-refractivity contribution >= 4 is 17.7 Å². The van der Waals surface area contributed by atoms with E-state index in [1.165, 1.54) is 12.2 Å². The topological polar surface area (TPSA) is 55.6 Å². The highest BCUT2D eigenvalue weighted by molar-refractivity contribution is 7.99. The smallest absolute Gasteiger partial charge is 0.223 e. The second-order valence-corrected chi connectivity index (χ2v) is 6.49. The Kier molecular flexibility index (Phi) is 4.43. The zero-order valence-electron chi connectivity index (χ0n) is 12.5. The number of nitrogens with one attached hydrogen (secondary N) is 1. The van der Waals surface area contributed by atoms with Crippen LogP contribution in [0.2, 0.25) is 0 Å². The van der Waals surface area contributed by atoms with E-state index in [4.69, 9.17) is 0 Å². The lowest BCUT2D eigenvalue weighted by Gasteiger charge is -2.11. The van der Waals surface area contributed by atoms with Crippen LogP contribution in [0.4, 0.5) is 5.95 Å². The molecule has 21 heavy (non-hydrogen) atoms. The molecule has 1 N–H and O–H groups in total. The first-order valence-corrected chi connectivity index (χ1v) is 8.63. The number of aromatic nitrogens is 4. The van der Waals surface area contributed by atoms with Crippen molar-refractivity contribution in [2.24, 2.45) is 0 Å². The maximum absolute atomic E-state index is 4.66. The Morgan fingerprint density at radius 3 is 3.14 bits per heavy atom. The molecule has 1 aliphatic heterocycles. The van der Waals surface area contributed by atoms with Gasteiger partial charge in [0.25, 0.3) is 0 Å². The van der Waals surface area contributed by atoms with E-state index in [-0.39, 0.29) is 0 Å². The van der Waals surface area contributed by atoms with E-state index in [2.05, 4.69) is 34.2 Å². The summed E-state index contributed by atoms with van der Waals surface area (Å²) < 4.78 is 2.04. The fraction of sp³-hybridized carbons (Fsp3) is 0.533. The van der Waals surface area contributed by atoms with E-state index < -0.39 is 0 Å². The fourth-order valence-corrected chi connectivity index (χ4v) is 3.70. The first-order valence-electron chi connectivity index (χ1n) is 7.48. The zero-order chi connectivity index (χ0) is 14.7. The molecule has 2 aromatic rings. The predicted octanol–water partition coefficient (Wildman–Crippen LogP) is 2.98. The van der Waals surface area contributed by atoms with Crippen molar-refractivity contribution in [3.8, 4) is 11.3 Å². The number of aryl methyl sites for hydroxylation is 1. The molecule has 3 rings (SSSR count). The van der Waals surface area contributed by atoms with Crippen LogP contribution in [0.25, 0.3) is 11.3 Å². The minimum Gasteiger partial charge on any atom is -0.351 e. The van der Waals surface area contributed by atoms with Gasteiger partial charge < -0.3 is 5.32 Å². The van der Waals surface area contributed by atoms with Gasteiger partial charge in [0.05, 0.1) is 11.9 Å². The van der Waals surface area contributed by atoms with Gasteiger partial charge in [-0.2, -0.15) is 16.9 Å². The van der Waals surface area contributed by atoms with Gasteiger partial charge in [-0.25, -0.2) is 9.97 Å². The Morgan fingerprint density at radius 2 is 2.38 bits per heavy atom. The molecule has 0 aliphatic carbocycles. The van der Waals surface area contributed by atoms with Gasteiger partial charge in [0.1, 0.15) is 0 Å². The lowest BCUT2D eigenvalue weighted by Crippen LogP contribution is -2.19. The summed E-state index contributed by atoms with van der Waals surface area (Å²) in [6.45, 7) is 5.20. The molecule has 0 aromatic carbocycles. The number of anilines is 1. The van der Waals surface area contributed by atoms with E-state index in [1.807, 2.05) is 34.9 Å². The fourth-order valence-electron chi connectivity index (χ4n) is 2.54. The third-order valence-corrected chi connectivity index (χ3v) is 4.90. The van der Waals surface area contributed by atoms with Crippen molar-refractivity contribution in [1.82, 2.24) is 19.7 Å². The first-order chi connectivity index (χ1) is 10.3. The molecule has 1 fully saturated rings. The molecule has 5 nitrogen and oxygen atoms in total. The molecule has 0 amide bonds. The number of hydrogen-bond donors (Lipinski definition) is 1. The van der Waals surface area contributed by atoms with Crippen LogP contribution in [0, 0.1) is 6.92 Å². The molecular weight excluding hydrogens is 282 g/mol. The summed E-state index contributed by atoms with van der Waals surface area (Å²) >= 11 is 1.98. The van der Waals surface area contributed by atoms with Crippen LogP contribution in [0.5, 0.6) is 0 Å². The third-order valence-electron chi connectivity index (χ3n) is 3.73. The van der Waals surface area contributed by atoms with Crippen LogP contribution in [-0.4, -0.2) is 37.3 Å². The number of rotatable bonds is 5. The molecule has 6 heteroatoms. The number of hydrogen-bond acceptors (Lipinski definition) is 5. The predicted molar refractivity (Wildman–Crippen MR) is 87.6 cm³/mol. The summed E-state index contributed by atoms with van der Waals surface area (Å²) in [4.78, 5) is 9.00. The van der Waals surface area contributed by atoms with Crippen molar-refractivity contribution in [2.45, 2.75) is 39.3 Å². The number of thioether (sulfide) groups is 1. The summed E-state index contributed by atoms with van der Waals surface area (Å²) in [7, 11) is 0. The van der Waals surface area contributed by atoms with Crippen molar-refractivity contribution in [3.05, 3.63) is 24.2 Å². The highest BCUT2D eigenvalue weighted by Crippen LogP contribution is 2.23. The Bertz CT molecular complexity index is 604. The lowest BCUT2D eigenvalue weighted by molar-refractivity contribution is 0.587. The minimum atomic E-state index is 0.495. The average molecular weight is 303 g/mol. The van der Waals surface area contributed by atoms with Gasteiger partial charge in [-0.1, -0.05) is 6.92 Å². The van der Waals surface area contributed by atoms with E-state index >= 15 is 0 Å². The van der Waals surface area contributed by atoms with Gasteiger partial charge in [0.2, 0.25) is 5.95 Å². The average Bonchev–Trinajstić information content (AvgIpc) is 3.11. The molecule has 1 saturated heterocycles. The molecule has 1 unspecified atom stereocenters. The van der Waals surface area contributed by atoms with Gasteiger partial charge in [-0.15, -0.1) is 0 Å². The Balaban J connectivity index is 1.81. The normalized spacial score (nSPS) is 18.1. The molecule has 0 bridgehead atoms. The van der Waals surface area contributed by atoms with Crippen LogP contribution in [0.1, 0.15) is 25.5 Å². The molecule has 2 aromatic heterocycles. The SMILES string of the molecule is CCCn1ncc(-c2ccnc(NC3CCSC3)n2)c1C. The maximum atomic E-state index is 4.66. The molecule has 112 valence electrons. The summed E-state index contributed by atoms with van der Waals surface area (Å²) in [5.74, 6) is 3.09. The van der Waals surface area contributed by atoms with E-state index in [0.29, 0.717) is 6.04 Å². The Hall–Kier alpha value is -1.56. The summed E-state index contributed by atoms with van der Waals surface area (Å²) in [5, 5.41) is 7.88. The van der Waals surface area contributed by atoms with E-state index in [9.17, 15) is 0 Å². The highest BCUT2D eigenvalue weighted by Gasteiger charge is 2.17. The monoisotopic (exact) mass is 303 g/mol. The quantitative estimate of drug-likeness (QED) is 0.920. The lowest BCUT2D eigenvalue weighted by atomic mass is 10.2. The van der Waals surface area contributed by atoms with Crippen molar-refractivity contribution in [3.63, 3.8) is 0 Å². The van der Waals surface area contributed by atoms with Crippen LogP contribution in [0.3, 0.4) is 0 Å². The molecule has 0 spiro atoms. The highest BCUT2D eigenvalue weighted by atomic mass is 32.2. The largest absolute Gasteiger partial charge is 0.351 e. The van der Waals surface area contributed by atoms with Gasteiger partial charge >= 0.3 is 0 Å². The van der Waals surface area contributed by atoms with Gasteiger partial charge in [0, 0.05) is 35.8 Å². The van der Waals surface area contributed by atoms with Gasteiger partial charge in [-0.3, -0.25) is 4.68 Å². The summed E-state index contributed by atoms with van der Waals surface area (Å²) in [5.41, 5.74) is 3.20. The van der Waals surface area contributed by atoms with Gasteiger partial charge in [0.15, 0.2) is 0 Å². The molecule has 0 saturated carbocycles.